The Morgan fingerprint density at radius 1 is 1.14 bits per heavy atom. The standard InChI is InChI=1S/2C2H4.HO2P/c2*1-2;1-3-2/h2*1-2H2;(H,1,2). The van der Waals surface area contributed by atoms with Crippen LogP contribution in [-0.4, -0.2) is 4.89 Å². The van der Waals surface area contributed by atoms with Gasteiger partial charge in [0, 0.05) is 0 Å². The first-order valence-corrected chi connectivity index (χ1v) is 2.15. The molecule has 0 aliphatic heterocycles. The van der Waals surface area contributed by atoms with Crippen molar-refractivity contribution in [1.82, 2.24) is 0 Å². The Balaban J connectivity index is -0.0000000360. The van der Waals surface area contributed by atoms with Crippen LogP contribution >= 0.6 is 8.69 Å². The third kappa shape index (κ3) is 328. The van der Waals surface area contributed by atoms with Crippen molar-refractivity contribution in [3.05, 3.63) is 26.3 Å². The molecule has 0 fully saturated rings. The van der Waals surface area contributed by atoms with Gasteiger partial charge in [0.05, 0.1) is 0 Å². The largest absolute Gasteiger partial charge is 0.324 e. The molecular formula is C4H9O2P. The predicted molar refractivity (Wildman–Crippen MR) is 32.3 cm³/mol. The van der Waals surface area contributed by atoms with Gasteiger partial charge in [-0.05, 0) is 0 Å². The first kappa shape index (κ1) is 16.0. The fraction of sp³-hybridized carbons (Fsp3) is 0. The minimum atomic E-state index is -0.833. The topological polar surface area (TPSA) is 37.3 Å². The summed E-state index contributed by atoms with van der Waals surface area (Å²) in [5.41, 5.74) is 0. The van der Waals surface area contributed by atoms with Crippen molar-refractivity contribution in [3.63, 3.8) is 0 Å². The molecule has 0 spiro atoms. The van der Waals surface area contributed by atoms with Crippen LogP contribution in [0.2, 0.25) is 0 Å². The molecule has 0 aliphatic carbocycles. The maximum absolute atomic E-state index is 8.46. The van der Waals surface area contributed by atoms with E-state index in [1.165, 1.54) is 0 Å². The van der Waals surface area contributed by atoms with Crippen LogP contribution in [0.4, 0.5) is 0 Å². The summed E-state index contributed by atoms with van der Waals surface area (Å²) in [6, 6.07) is 0. The SMILES string of the molecule is C=C.C=C.O=PO. The second kappa shape index (κ2) is 392. The van der Waals surface area contributed by atoms with Gasteiger partial charge >= 0.3 is 8.69 Å². The zero-order chi connectivity index (χ0) is 6.71. The molecule has 7 heavy (non-hydrogen) atoms. The quantitative estimate of drug-likeness (QED) is 0.391. The van der Waals surface area contributed by atoms with E-state index >= 15 is 0 Å². The van der Waals surface area contributed by atoms with E-state index in [2.05, 4.69) is 26.3 Å². The summed E-state index contributed by atoms with van der Waals surface area (Å²) < 4.78 is 8.46. The minimum Gasteiger partial charge on any atom is -0.310 e. The Bertz CT molecular complexity index is 28.9. The Labute approximate surface area is 45.5 Å². The molecule has 0 saturated heterocycles. The Morgan fingerprint density at radius 2 is 1.14 bits per heavy atom. The molecule has 0 aliphatic rings. The van der Waals surface area contributed by atoms with E-state index in [1.54, 1.807) is 0 Å². The molecule has 0 unspecified atom stereocenters. The van der Waals surface area contributed by atoms with E-state index in [0.29, 0.717) is 0 Å². The lowest BCUT2D eigenvalue weighted by Crippen LogP contribution is -1.03. The molecule has 3 heteroatoms. The van der Waals surface area contributed by atoms with Crippen molar-refractivity contribution < 1.29 is 9.46 Å². The van der Waals surface area contributed by atoms with Crippen molar-refractivity contribution in [2.45, 2.75) is 0 Å². The Morgan fingerprint density at radius 3 is 1.14 bits per heavy atom. The number of rotatable bonds is 0. The molecule has 0 bridgehead atoms. The zero-order valence-corrected chi connectivity index (χ0v) is 5.03. The average molecular weight is 120 g/mol. The van der Waals surface area contributed by atoms with Gasteiger partial charge in [-0.3, -0.25) is 0 Å². The van der Waals surface area contributed by atoms with E-state index in [9.17, 15) is 0 Å². The van der Waals surface area contributed by atoms with E-state index in [0.717, 1.165) is 0 Å². The average Bonchev–Trinajstić information content (AvgIpc) is 1.78. The van der Waals surface area contributed by atoms with Crippen LogP contribution in [0.1, 0.15) is 0 Å². The molecule has 0 atom stereocenters. The van der Waals surface area contributed by atoms with E-state index in [1.807, 2.05) is 0 Å². The van der Waals surface area contributed by atoms with Gasteiger partial charge < -0.3 is 4.89 Å². The van der Waals surface area contributed by atoms with Crippen LogP contribution in [0.5, 0.6) is 0 Å². The highest BCUT2D eigenvalue weighted by Crippen LogP contribution is 1.66. The monoisotopic (exact) mass is 120 g/mol. The first-order chi connectivity index (χ1) is 3.41. The van der Waals surface area contributed by atoms with Crippen LogP contribution < -0.4 is 0 Å². The van der Waals surface area contributed by atoms with Gasteiger partial charge in [-0.2, -0.15) is 0 Å². The molecule has 0 saturated carbocycles. The smallest absolute Gasteiger partial charge is 0.310 e. The van der Waals surface area contributed by atoms with Crippen molar-refractivity contribution in [3.8, 4) is 0 Å². The van der Waals surface area contributed by atoms with E-state index in [4.69, 9.17) is 9.46 Å². The van der Waals surface area contributed by atoms with Gasteiger partial charge in [0.25, 0.3) is 0 Å². The van der Waals surface area contributed by atoms with Crippen molar-refractivity contribution in [2.24, 2.45) is 0 Å². The fourth-order valence-electron chi connectivity index (χ4n) is 0. The first-order valence-electron chi connectivity index (χ1n) is 1.38. The van der Waals surface area contributed by atoms with Gasteiger partial charge in [0.1, 0.15) is 0 Å². The van der Waals surface area contributed by atoms with Gasteiger partial charge in [0.15, 0.2) is 0 Å². The highest BCUT2D eigenvalue weighted by molar-refractivity contribution is 7.16. The minimum absolute atomic E-state index is 0.833. The summed E-state index contributed by atoms with van der Waals surface area (Å²) in [6.07, 6.45) is 0. The van der Waals surface area contributed by atoms with Crippen LogP contribution in [0.3, 0.4) is 0 Å². The lowest BCUT2D eigenvalue weighted by atomic mass is 11.3. The lowest BCUT2D eigenvalue weighted by molar-refractivity contribution is 0.524. The number of hydrogen-bond donors (Lipinski definition) is 1. The molecule has 2 nitrogen and oxygen atoms in total. The highest BCUT2D eigenvalue weighted by atomic mass is 31.1. The molecule has 0 radical (unpaired) electrons. The molecule has 0 aromatic carbocycles. The normalized spacial score (nSPS) is 4.14. The molecule has 0 amide bonds. The van der Waals surface area contributed by atoms with E-state index < -0.39 is 8.69 Å². The molecule has 0 aromatic heterocycles. The summed E-state index contributed by atoms with van der Waals surface area (Å²) in [5.74, 6) is 0. The highest BCUT2D eigenvalue weighted by Gasteiger charge is 1.28. The summed E-state index contributed by atoms with van der Waals surface area (Å²) in [4.78, 5) is 6.99. The molecule has 42 valence electrons. The zero-order valence-electron chi connectivity index (χ0n) is 4.13. The maximum Gasteiger partial charge on any atom is 0.324 e. The third-order valence-electron chi connectivity index (χ3n) is 0. The second-order valence-electron chi connectivity index (χ2n) is 0.0816. The van der Waals surface area contributed by atoms with E-state index in [-0.39, 0.29) is 0 Å². The van der Waals surface area contributed by atoms with Crippen LogP contribution in [0.15, 0.2) is 26.3 Å². The van der Waals surface area contributed by atoms with Crippen LogP contribution in [-0.2, 0) is 4.57 Å². The van der Waals surface area contributed by atoms with Crippen LogP contribution in [0.25, 0.3) is 0 Å². The maximum atomic E-state index is 8.46. The summed E-state index contributed by atoms with van der Waals surface area (Å²) in [7, 11) is -0.833. The molecule has 0 heterocycles. The van der Waals surface area contributed by atoms with Gasteiger partial charge in [-0.1, -0.05) is 0 Å². The molecule has 0 rings (SSSR count). The fourth-order valence-corrected chi connectivity index (χ4v) is 0. The number of hydrogen-bond acceptors (Lipinski definition) is 1. The second-order valence-corrected chi connectivity index (χ2v) is 0.245. The van der Waals surface area contributed by atoms with Gasteiger partial charge in [0.2, 0.25) is 0 Å². The molecule has 1 N–H and O–H groups in total. The lowest BCUT2D eigenvalue weighted by Gasteiger charge is -1.24. The van der Waals surface area contributed by atoms with Crippen molar-refractivity contribution >= 4 is 8.69 Å². The van der Waals surface area contributed by atoms with Crippen LogP contribution in [0, 0.1) is 0 Å². The van der Waals surface area contributed by atoms with Crippen molar-refractivity contribution in [2.75, 3.05) is 0 Å². The predicted octanol–water partition coefficient (Wildman–Crippen LogP) is 1.79. The van der Waals surface area contributed by atoms with Gasteiger partial charge in [-0.25, -0.2) is 4.57 Å². The van der Waals surface area contributed by atoms with Gasteiger partial charge in [-0.15, -0.1) is 26.3 Å². The summed E-state index contributed by atoms with van der Waals surface area (Å²) >= 11 is 0. The Kier molecular flexibility index (Phi) is 896. The summed E-state index contributed by atoms with van der Waals surface area (Å²) in [5, 5.41) is 0. The van der Waals surface area contributed by atoms with Crippen molar-refractivity contribution in [1.29, 1.82) is 0 Å². The molecule has 0 aromatic rings. The molecular weight excluding hydrogens is 111 g/mol. The summed E-state index contributed by atoms with van der Waals surface area (Å²) in [6.45, 7) is 12.0. The third-order valence-corrected chi connectivity index (χ3v) is 0. The Hall–Kier alpha value is -0.460.